The van der Waals surface area contributed by atoms with Gasteiger partial charge in [-0.1, -0.05) is 31.9 Å². The van der Waals surface area contributed by atoms with Crippen LogP contribution < -0.4 is 5.32 Å². The van der Waals surface area contributed by atoms with E-state index in [9.17, 15) is 19.7 Å². The van der Waals surface area contributed by atoms with Crippen molar-refractivity contribution in [1.82, 2.24) is 5.32 Å². The van der Waals surface area contributed by atoms with Crippen LogP contribution in [-0.2, 0) is 9.53 Å². The molecule has 1 amide bonds. The Morgan fingerprint density at radius 3 is 2.70 bits per heavy atom. The van der Waals surface area contributed by atoms with Gasteiger partial charge in [-0.15, -0.1) is 0 Å². The van der Waals surface area contributed by atoms with E-state index in [2.05, 4.69) is 12.2 Å². The fourth-order valence-electron chi connectivity index (χ4n) is 2.79. The summed E-state index contributed by atoms with van der Waals surface area (Å²) < 4.78 is 4.90. The van der Waals surface area contributed by atoms with Gasteiger partial charge in [0, 0.05) is 12.1 Å². The van der Waals surface area contributed by atoms with Crippen LogP contribution in [0.1, 0.15) is 43.0 Å². The fraction of sp³-hybridized carbons (Fsp3) is 0.500. The lowest BCUT2D eigenvalue weighted by Crippen LogP contribution is -2.42. The van der Waals surface area contributed by atoms with E-state index >= 15 is 0 Å². The third-order valence-corrected chi connectivity index (χ3v) is 4.11. The zero-order valence-corrected chi connectivity index (χ0v) is 13.0. The number of nitrogens with one attached hydrogen (secondary N) is 1. The summed E-state index contributed by atoms with van der Waals surface area (Å²) in [5.41, 5.74) is -0.491. The van der Waals surface area contributed by atoms with Crippen LogP contribution in [0.25, 0.3) is 0 Å². The molecule has 0 aliphatic heterocycles. The summed E-state index contributed by atoms with van der Waals surface area (Å²) in [6, 6.07) is 5.60. The normalized spacial score (nSPS) is 20.6. The predicted molar refractivity (Wildman–Crippen MR) is 82.9 cm³/mol. The highest BCUT2D eigenvalue weighted by Gasteiger charge is 2.24. The van der Waals surface area contributed by atoms with Gasteiger partial charge in [-0.2, -0.15) is 0 Å². The Morgan fingerprint density at radius 1 is 1.30 bits per heavy atom. The monoisotopic (exact) mass is 320 g/mol. The van der Waals surface area contributed by atoms with Gasteiger partial charge in [0.25, 0.3) is 11.6 Å². The molecule has 7 nitrogen and oxygen atoms in total. The third kappa shape index (κ3) is 4.51. The smallest absolute Gasteiger partial charge is 0.345 e. The first kappa shape index (κ1) is 16.9. The number of carbonyl (C=O) groups excluding carboxylic acids is 2. The van der Waals surface area contributed by atoms with Crippen LogP contribution in [0.5, 0.6) is 0 Å². The number of nitrogens with zero attached hydrogens (tertiary/aromatic N) is 1. The predicted octanol–water partition coefficient (Wildman–Crippen LogP) is 2.45. The molecule has 2 atom stereocenters. The summed E-state index contributed by atoms with van der Waals surface area (Å²) in [4.78, 5) is 34.0. The highest BCUT2D eigenvalue weighted by molar-refractivity contribution is 5.95. The Bertz CT molecular complexity index is 602. The molecule has 7 heteroatoms. The lowest BCUT2D eigenvalue weighted by molar-refractivity contribution is -0.385. The summed E-state index contributed by atoms with van der Waals surface area (Å²) >= 11 is 0. The van der Waals surface area contributed by atoms with Crippen molar-refractivity contribution in [2.75, 3.05) is 6.61 Å². The van der Waals surface area contributed by atoms with E-state index in [1.54, 1.807) is 0 Å². The standard InChI is InChI=1S/C16H20N2O5/c1-11-6-2-4-8-13(11)17-15(19)10-23-16(20)12-7-3-5-9-14(12)18(21)22/h3,5,7,9,11,13H,2,4,6,8,10H2,1H3,(H,17,19)/t11-,13+/m0/s1. The first-order valence-electron chi connectivity index (χ1n) is 7.69. The lowest BCUT2D eigenvalue weighted by Gasteiger charge is -2.29. The number of esters is 1. The van der Waals surface area contributed by atoms with Gasteiger partial charge in [0.2, 0.25) is 0 Å². The van der Waals surface area contributed by atoms with E-state index in [1.807, 2.05) is 0 Å². The molecule has 2 rings (SSSR count). The second-order valence-corrected chi connectivity index (χ2v) is 5.79. The van der Waals surface area contributed by atoms with Crippen LogP contribution in [0.3, 0.4) is 0 Å². The van der Waals surface area contributed by atoms with Gasteiger partial charge in [0.05, 0.1) is 4.92 Å². The molecule has 0 radical (unpaired) electrons. The van der Waals surface area contributed by atoms with Gasteiger partial charge in [-0.3, -0.25) is 14.9 Å². The molecule has 1 fully saturated rings. The van der Waals surface area contributed by atoms with Crippen molar-refractivity contribution in [2.24, 2.45) is 5.92 Å². The first-order valence-corrected chi connectivity index (χ1v) is 7.69. The minimum atomic E-state index is -0.871. The zero-order chi connectivity index (χ0) is 16.8. The number of hydrogen-bond acceptors (Lipinski definition) is 5. The van der Waals surface area contributed by atoms with E-state index in [4.69, 9.17) is 4.74 Å². The van der Waals surface area contributed by atoms with Crippen molar-refractivity contribution in [3.05, 3.63) is 39.9 Å². The maximum atomic E-state index is 11.9. The number of nitro benzene ring substituents is 1. The molecule has 0 aromatic heterocycles. The maximum Gasteiger partial charge on any atom is 0.345 e. The van der Waals surface area contributed by atoms with Crippen molar-refractivity contribution < 1.29 is 19.2 Å². The summed E-state index contributed by atoms with van der Waals surface area (Å²) in [7, 11) is 0. The first-order chi connectivity index (χ1) is 11.0. The van der Waals surface area contributed by atoms with Crippen molar-refractivity contribution >= 4 is 17.6 Å². The Kier molecular flexibility index (Phi) is 5.67. The number of ether oxygens (including phenoxy) is 1. The quantitative estimate of drug-likeness (QED) is 0.510. The van der Waals surface area contributed by atoms with Crippen LogP contribution >= 0.6 is 0 Å². The molecule has 1 aromatic carbocycles. The lowest BCUT2D eigenvalue weighted by atomic mass is 9.86. The van der Waals surface area contributed by atoms with Gasteiger partial charge in [0.1, 0.15) is 5.56 Å². The number of benzene rings is 1. The molecule has 0 spiro atoms. The fourth-order valence-corrected chi connectivity index (χ4v) is 2.79. The Hall–Kier alpha value is -2.44. The topological polar surface area (TPSA) is 98.5 Å². The molecule has 124 valence electrons. The van der Waals surface area contributed by atoms with Crippen LogP contribution in [0.4, 0.5) is 5.69 Å². The number of rotatable bonds is 5. The molecular weight excluding hydrogens is 300 g/mol. The van der Waals surface area contributed by atoms with Crippen LogP contribution in [-0.4, -0.2) is 29.4 Å². The van der Waals surface area contributed by atoms with Crippen LogP contribution in [0.2, 0.25) is 0 Å². The van der Waals surface area contributed by atoms with E-state index in [0.29, 0.717) is 5.92 Å². The van der Waals surface area contributed by atoms with Gasteiger partial charge in [0.15, 0.2) is 6.61 Å². The van der Waals surface area contributed by atoms with Crippen LogP contribution in [0.15, 0.2) is 24.3 Å². The molecule has 0 unspecified atom stereocenters. The largest absolute Gasteiger partial charge is 0.452 e. The Labute approximate surface area is 134 Å². The summed E-state index contributed by atoms with van der Waals surface area (Å²) in [6.07, 6.45) is 4.23. The molecule has 1 N–H and O–H groups in total. The second-order valence-electron chi connectivity index (χ2n) is 5.79. The van der Waals surface area contributed by atoms with Crippen molar-refractivity contribution in [3.63, 3.8) is 0 Å². The minimum Gasteiger partial charge on any atom is -0.452 e. The minimum absolute atomic E-state index is 0.0982. The molecule has 1 saturated carbocycles. The van der Waals surface area contributed by atoms with Crippen molar-refractivity contribution in [2.45, 2.75) is 38.6 Å². The maximum absolute atomic E-state index is 11.9. The van der Waals surface area contributed by atoms with Gasteiger partial charge in [-0.25, -0.2) is 4.79 Å². The average Bonchev–Trinajstić information content (AvgIpc) is 2.54. The second kappa shape index (κ2) is 7.71. The van der Waals surface area contributed by atoms with E-state index < -0.39 is 17.5 Å². The van der Waals surface area contributed by atoms with Gasteiger partial charge >= 0.3 is 5.97 Å². The number of hydrogen-bond donors (Lipinski definition) is 1. The van der Waals surface area contributed by atoms with Crippen molar-refractivity contribution in [1.29, 1.82) is 0 Å². The van der Waals surface area contributed by atoms with Crippen LogP contribution in [0, 0.1) is 16.0 Å². The molecule has 23 heavy (non-hydrogen) atoms. The summed E-state index contributed by atoms with van der Waals surface area (Å²) in [5, 5.41) is 13.7. The SMILES string of the molecule is C[C@H]1CCCC[C@H]1NC(=O)COC(=O)c1ccccc1[N+](=O)[O-]. The summed E-state index contributed by atoms with van der Waals surface area (Å²) in [6.45, 7) is 1.65. The number of nitro groups is 1. The molecular formula is C16H20N2O5. The number of carbonyl (C=O) groups is 2. The van der Waals surface area contributed by atoms with E-state index in [0.717, 1.165) is 19.3 Å². The van der Waals surface area contributed by atoms with Crippen molar-refractivity contribution in [3.8, 4) is 0 Å². The summed E-state index contributed by atoms with van der Waals surface area (Å²) in [5.74, 6) is -0.849. The third-order valence-electron chi connectivity index (χ3n) is 4.11. The molecule has 1 aliphatic carbocycles. The highest BCUT2D eigenvalue weighted by atomic mass is 16.6. The number of para-hydroxylation sites is 1. The van der Waals surface area contributed by atoms with E-state index in [-0.39, 0.29) is 23.2 Å². The van der Waals surface area contributed by atoms with Gasteiger partial charge < -0.3 is 10.1 Å². The Morgan fingerprint density at radius 2 is 2.00 bits per heavy atom. The molecule has 1 aromatic rings. The molecule has 0 heterocycles. The molecule has 0 saturated heterocycles. The zero-order valence-electron chi connectivity index (χ0n) is 13.0. The highest BCUT2D eigenvalue weighted by Crippen LogP contribution is 2.23. The Balaban J connectivity index is 1.89. The molecule has 0 bridgehead atoms. The number of amides is 1. The van der Waals surface area contributed by atoms with E-state index in [1.165, 1.54) is 30.7 Å². The average molecular weight is 320 g/mol. The molecule has 1 aliphatic rings. The van der Waals surface area contributed by atoms with Gasteiger partial charge in [-0.05, 0) is 24.8 Å².